The number of aliphatic imine (C=N–C) groups is 1. The minimum atomic E-state index is 0. The molecule has 6 nitrogen and oxygen atoms in total. The number of nitrogens with zero attached hydrogens (tertiary/aromatic N) is 2. The van der Waals surface area contributed by atoms with E-state index in [9.17, 15) is 0 Å². The molecule has 0 atom stereocenters. The summed E-state index contributed by atoms with van der Waals surface area (Å²) < 4.78 is 10.9. The van der Waals surface area contributed by atoms with Gasteiger partial charge in [0.05, 0.1) is 0 Å². The van der Waals surface area contributed by atoms with Crippen molar-refractivity contribution in [1.82, 2.24) is 15.5 Å². The molecule has 0 aliphatic carbocycles. The highest BCUT2D eigenvalue weighted by Gasteiger charge is 2.32. The van der Waals surface area contributed by atoms with Crippen molar-refractivity contribution < 1.29 is 9.47 Å². The Balaban J connectivity index is 0.00000338. The number of nitrogens with one attached hydrogen (secondary N) is 2. The second-order valence-electron chi connectivity index (χ2n) is 7.03. The topological polar surface area (TPSA) is 58.1 Å². The Hall–Kier alpha value is 0.230. The van der Waals surface area contributed by atoms with E-state index < -0.39 is 0 Å². The molecule has 2 N–H and O–H groups in total. The zero-order chi connectivity index (χ0) is 18.0. The highest BCUT2D eigenvalue weighted by molar-refractivity contribution is 14.0. The third kappa shape index (κ3) is 8.08. The smallest absolute Gasteiger partial charge is 0.191 e. The highest BCUT2D eigenvalue weighted by Crippen LogP contribution is 2.32. The summed E-state index contributed by atoms with van der Waals surface area (Å²) in [7, 11) is 3.64. The van der Waals surface area contributed by atoms with E-state index >= 15 is 0 Å². The van der Waals surface area contributed by atoms with Crippen molar-refractivity contribution in [3.63, 3.8) is 0 Å². The maximum Gasteiger partial charge on any atom is 0.191 e. The number of hydrogen-bond donors (Lipinski definition) is 2. The maximum atomic E-state index is 5.53. The Kier molecular flexibility index (Phi) is 12.5. The predicted molar refractivity (Wildman–Crippen MR) is 122 cm³/mol. The second kappa shape index (κ2) is 13.4. The molecule has 0 bridgehead atoms. The molecule has 0 aromatic carbocycles. The predicted octanol–water partition coefficient (Wildman–Crippen LogP) is 2.18. The van der Waals surface area contributed by atoms with Crippen LogP contribution in [0.15, 0.2) is 4.99 Å². The minimum absolute atomic E-state index is 0. The molecule has 0 aromatic rings. The van der Waals surface area contributed by atoms with Crippen LogP contribution in [0.25, 0.3) is 0 Å². The molecule has 2 rings (SSSR count). The largest absolute Gasteiger partial charge is 0.385 e. The van der Waals surface area contributed by atoms with Gasteiger partial charge >= 0.3 is 0 Å². The first kappa shape index (κ1) is 24.3. The van der Waals surface area contributed by atoms with Crippen LogP contribution in [0.3, 0.4) is 0 Å². The van der Waals surface area contributed by atoms with Crippen LogP contribution >= 0.6 is 35.7 Å². The van der Waals surface area contributed by atoms with Crippen molar-refractivity contribution in [3.05, 3.63) is 0 Å². The van der Waals surface area contributed by atoms with Crippen molar-refractivity contribution in [2.75, 3.05) is 66.4 Å². The molecule has 2 heterocycles. The monoisotopic (exact) mass is 500 g/mol. The lowest BCUT2D eigenvalue weighted by molar-refractivity contribution is 0.0782. The van der Waals surface area contributed by atoms with E-state index in [1.807, 2.05) is 18.8 Å². The zero-order valence-corrected chi connectivity index (χ0v) is 19.7. The lowest BCUT2D eigenvalue weighted by atomic mass is 9.99. The van der Waals surface area contributed by atoms with Gasteiger partial charge in [0.2, 0.25) is 0 Å². The molecule has 0 amide bonds. The first-order valence-electron chi connectivity index (χ1n) is 9.53. The Morgan fingerprint density at radius 3 is 2.58 bits per heavy atom. The van der Waals surface area contributed by atoms with Crippen LogP contribution < -0.4 is 10.6 Å². The molecule has 2 aliphatic heterocycles. The molecule has 0 radical (unpaired) electrons. The second-order valence-corrected chi connectivity index (χ2v) is 8.31. The molecule has 2 fully saturated rings. The van der Waals surface area contributed by atoms with E-state index in [0.29, 0.717) is 6.04 Å². The van der Waals surface area contributed by atoms with Gasteiger partial charge in [0.15, 0.2) is 5.96 Å². The standard InChI is InChI=1S/C18H36N4O2S.HI/c1-19-17(20-15-18(25-3)7-13-24-14-8-18)21-16-5-10-22(11-6-16)9-4-12-23-2;/h16H,4-15H2,1-3H3,(H2,19,20,21);1H. The third-order valence-corrected chi connectivity index (χ3v) is 6.81. The number of piperidine rings is 1. The van der Waals surface area contributed by atoms with E-state index in [-0.39, 0.29) is 28.7 Å². The number of guanidine groups is 1. The lowest BCUT2D eigenvalue weighted by Gasteiger charge is -2.37. The van der Waals surface area contributed by atoms with Crippen LogP contribution in [0.5, 0.6) is 0 Å². The third-order valence-electron chi connectivity index (χ3n) is 5.39. The summed E-state index contributed by atoms with van der Waals surface area (Å²) in [6, 6.07) is 0.518. The molecule has 0 aromatic heterocycles. The van der Waals surface area contributed by atoms with Gasteiger partial charge in [-0.2, -0.15) is 11.8 Å². The lowest BCUT2D eigenvalue weighted by Crippen LogP contribution is -2.52. The summed E-state index contributed by atoms with van der Waals surface area (Å²) in [4.78, 5) is 6.98. The number of ether oxygens (including phenoxy) is 2. The van der Waals surface area contributed by atoms with Gasteiger partial charge < -0.3 is 25.0 Å². The molecule has 2 saturated heterocycles. The van der Waals surface area contributed by atoms with Crippen LogP contribution in [-0.4, -0.2) is 88.1 Å². The van der Waals surface area contributed by atoms with Gasteiger partial charge in [-0.1, -0.05) is 0 Å². The number of methoxy groups -OCH3 is 1. The van der Waals surface area contributed by atoms with E-state index in [1.165, 1.54) is 12.8 Å². The molecule has 2 aliphatic rings. The molecule has 8 heteroatoms. The summed E-state index contributed by atoms with van der Waals surface area (Å²) in [5.74, 6) is 0.942. The van der Waals surface area contributed by atoms with Gasteiger partial charge in [0.1, 0.15) is 0 Å². The van der Waals surface area contributed by atoms with Gasteiger partial charge in [-0.15, -0.1) is 24.0 Å². The first-order chi connectivity index (χ1) is 12.2. The summed E-state index contributed by atoms with van der Waals surface area (Å²) in [6.45, 7) is 7.01. The van der Waals surface area contributed by atoms with Gasteiger partial charge in [-0.3, -0.25) is 4.99 Å². The number of rotatable bonds is 8. The Morgan fingerprint density at radius 1 is 1.31 bits per heavy atom. The Labute approximate surface area is 180 Å². The van der Waals surface area contributed by atoms with E-state index in [2.05, 4.69) is 26.8 Å². The fourth-order valence-corrected chi connectivity index (χ4v) is 4.35. The van der Waals surface area contributed by atoms with Crippen LogP contribution in [0.4, 0.5) is 0 Å². The fourth-order valence-electron chi connectivity index (χ4n) is 3.56. The van der Waals surface area contributed by atoms with Crippen molar-refractivity contribution in [2.45, 2.75) is 42.9 Å². The SMILES string of the molecule is CN=C(NCC1(SC)CCOCC1)NC1CCN(CCCOC)CC1.I. The number of hydrogen-bond acceptors (Lipinski definition) is 5. The van der Waals surface area contributed by atoms with Crippen molar-refractivity contribution in [2.24, 2.45) is 4.99 Å². The van der Waals surface area contributed by atoms with E-state index in [4.69, 9.17) is 9.47 Å². The maximum absolute atomic E-state index is 5.53. The highest BCUT2D eigenvalue weighted by atomic mass is 127. The fraction of sp³-hybridized carbons (Fsp3) is 0.944. The number of likely N-dealkylation sites (tertiary alicyclic amines) is 1. The molecular weight excluding hydrogens is 463 g/mol. The molecule has 0 saturated carbocycles. The minimum Gasteiger partial charge on any atom is -0.385 e. The van der Waals surface area contributed by atoms with E-state index in [0.717, 1.165) is 71.2 Å². The number of thioether (sulfide) groups is 1. The summed E-state index contributed by atoms with van der Waals surface area (Å²) in [5.41, 5.74) is 0. The molecule has 154 valence electrons. The molecule has 0 spiro atoms. The molecular formula is C18H37IN4O2S. The first-order valence-corrected chi connectivity index (χ1v) is 10.8. The van der Waals surface area contributed by atoms with Gasteiger partial charge in [-0.25, -0.2) is 0 Å². The van der Waals surface area contributed by atoms with Crippen LogP contribution in [-0.2, 0) is 9.47 Å². The zero-order valence-electron chi connectivity index (χ0n) is 16.6. The van der Waals surface area contributed by atoms with Crippen molar-refractivity contribution in [3.8, 4) is 0 Å². The molecule has 0 unspecified atom stereocenters. The Morgan fingerprint density at radius 2 is 2.00 bits per heavy atom. The Bertz CT molecular complexity index is 401. The molecule has 26 heavy (non-hydrogen) atoms. The van der Waals surface area contributed by atoms with Gasteiger partial charge in [0.25, 0.3) is 0 Å². The average molecular weight is 500 g/mol. The summed E-state index contributed by atoms with van der Waals surface area (Å²) >= 11 is 1.96. The van der Waals surface area contributed by atoms with Crippen molar-refractivity contribution in [1.29, 1.82) is 0 Å². The van der Waals surface area contributed by atoms with Gasteiger partial charge in [0, 0.05) is 70.9 Å². The van der Waals surface area contributed by atoms with Crippen molar-refractivity contribution >= 4 is 41.7 Å². The van der Waals surface area contributed by atoms with Crippen LogP contribution in [0.2, 0.25) is 0 Å². The summed E-state index contributed by atoms with van der Waals surface area (Å²) in [6.07, 6.45) is 7.90. The summed E-state index contributed by atoms with van der Waals surface area (Å²) in [5, 5.41) is 7.19. The van der Waals surface area contributed by atoms with Crippen LogP contribution in [0.1, 0.15) is 32.1 Å². The van der Waals surface area contributed by atoms with Gasteiger partial charge in [-0.05, 0) is 38.4 Å². The number of halogens is 1. The average Bonchev–Trinajstić information content (AvgIpc) is 2.67. The quantitative estimate of drug-likeness (QED) is 0.231. The van der Waals surface area contributed by atoms with Crippen LogP contribution in [0, 0.1) is 0 Å². The normalized spacial score (nSPS) is 21.9. The van der Waals surface area contributed by atoms with E-state index in [1.54, 1.807) is 7.11 Å².